The highest BCUT2D eigenvalue weighted by Crippen LogP contribution is 2.26. The molecular formula is C16H20O5. The summed E-state index contributed by atoms with van der Waals surface area (Å²) in [6, 6.07) is 4.82. The van der Waals surface area contributed by atoms with Crippen molar-refractivity contribution >= 4 is 11.8 Å². The van der Waals surface area contributed by atoms with Crippen LogP contribution >= 0.6 is 0 Å². The van der Waals surface area contributed by atoms with E-state index in [0.29, 0.717) is 24.3 Å². The first-order valence-electron chi connectivity index (χ1n) is 6.72. The Morgan fingerprint density at radius 2 is 1.95 bits per heavy atom. The number of hydrogen-bond donors (Lipinski definition) is 1. The molecule has 0 saturated carbocycles. The molecule has 1 N–H and O–H groups in total. The third-order valence-corrected chi connectivity index (χ3v) is 2.67. The fraction of sp³-hybridized carbons (Fsp3) is 0.375. The molecule has 1 aromatic carbocycles. The van der Waals surface area contributed by atoms with Crippen LogP contribution < -0.4 is 9.47 Å². The number of benzene rings is 1. The Bertz CT molecular complexity index is 542. The van der Waals surface area contributed by atoms with Crippen LogP contribution in [0.1, 0.15) is 37.6 Å². The van der Waals surface area contributed by atoms with E-state index in [0.717, 1.165) is 5.57 Å². The molecule has 5 heteroatoms. The summed E-state index contributed by atoms with van der Waals surface area (Å²) in [7, 11) is 0. The standard InChI is InChI=1S/C16H20O5/c1-4-14(17)13-6-5-12(20-8-7-11(2)3)9-15(13)21-10-16(18)19/h5-7,9H,4,8,10H2,1-3H3,(H,18,19). The van der Waals surface area contributed by atoms with Gasteiger partial charge in [-0.05, 0) is 32.1 Å². The predicted octanol–water partition coefficient (Wildman–Crippen LogP) is 3.09. The molecule has 0 radical (unpaired) electrons. The Morgan fingerprint density at radius 3 is 2.52 bits per heavy atom. The maximum Gasteiger partial charge on any atom is 0.341 e. The van der Waals surface area contributed by atoms with Crippen LogP contribution in [-0.2, 0) is 4.79 Å². The van der Waals surface area contributed by atoms with Gasteiger partial charge in [-0.25, -0.2) is 4.79 Å². The van der Waals surface area contributed by atoms with Gasteiger partial charge in [0.15, 0.2) is 12.4 Å². The van der Waals surface area contributed by atoms with Gasteiger partial charge in [-0.3, -0.25) is 4.79 Å². The summed E-state index contributed by atoms with van der Waals surface area (Å²) in [6.45, 7) is 5.58. The molecule has 0 unspecified atom stereocenters. The Morgan fingerprint density at radius 1 is 1.24 bits per heavy atom. The second-order valence-electron chi connectivity index (χ2n) is 4.71. The highest BCUT2D eigenvalue weighted by atomic mass is 16.5. The molecule has 0 spiro atoms. The minimum atomic E-state index is -1.10. The third-order valence-electron chi connectivity index (χ3n) is 2.67. The lowest BCUT2D eigenvalue weighted by Gasteiger charge is -2.11. The van der Waals surface area contributed by atoms with Crippen molar-refractivity contribution in [2.75, 3.05) is 13.2 Å². The van der Waals surface area contributed by atoms with Crippen molar-refractivity contribution in [1.82, 2.24) is 0 Å². The summed E-state index contributed by atoms with van der Waals surface area (Å²) >= 11 is 0. The van der Waals surface area contributed by atoms with E-state index in [-0.39, 0.29) is 11.5 Å². The number of carboxylic acids is 1. The molecule has 0 fully saturated rings. The van der Waals surface area contributed by atoms with Gasteiger partial charge in [-0.1, -0.05) is 12.5 Å². The van der Waals surface area contributed by atoms with Crippen LogP contribution in [0, 0.1) is 0 Å². The van der Waals surface area contributed by atoms with Gasteiger partial charge in [0.25, 0.3) is 0 Å². The summed E-state index contributed by atoms with van der Waals surface area (Å²) in [6.07, 6.45) is 2.24. The lowest BCUT2D eigenvalue weighted by Crippen LogP contribution is -2.12. The average Bonchev–Trinajstić information content (AvgIpc) is 2.44. The Kier molecular flexibility index (Phi) is 6.46. The third kappa shape index (κ3) is 5.69. The van der Waals surface area contributed by atoms with Crippen molar-refractivity contribution in [1.29, 1.82) is 0 Å². The number of allylic oxidation sites excluding steroid dienone is 1. The number of hydrogen-bond acceptors (Lipinski definition) is 4. The number of carboxylic acid groups (broad SMARTS) is 1. The molecule has 0 saturated heterocycles. The normalized spacial score (nSPS) is 9.86. The number of ether oxygens (including phenoxy) is 2. The molecule has 0 amide bonds. The molecule has 0 aliphatic rings. The molecule has 114 valence electrons. The first-order chi connectivity index (χ1) is 9.93. The van der Waals surface area contributed by atoms with Gasteiger partial charge in [-0.2, -0.15) is 0 Å². The van der Waals surface area contributed by atoms with E-state index < -0.39 is 12.6 Å². The maximum atomic E-state index is 11.8. The van der Waals surface area contributed by atoms with Crippen LogP contribution in [0.25, 0.3) is 0 Å². The molecule has 0 atom stereocenters. The van der Waals surface area contributed by atoms with Crippen LogP contribution in [0.4, 0.5) is 0 Å². The summed E-state index contributed by atoms with van der Waals surface area (Å²) in [5, 5.41) is 8.68. The quantitative estimate of drug-likeness (QED) is 0.589. The monoisotopic (exact) mass is 292 g/mol. The minimum absolute atomic E-state index is 0.105. The lowest BCUT2D eigenvalue weighted by molar-refractivity contribution is -0.139. The second-order valence-corrected chi connectivity index (χ2v) is 4.71. The average molecular weight is 292 g/mol. The molecule has 21 heavy (non-hydrogen) atoms. The van der Waals surface area contributed by atoms with Crippen molar-refractivity contribution in [3.63, 3.8) is 0 Å². The highest BCUT2D eigenvalue weighted by molar-refractivity contribution is 5.98. The van der Waals surface area contributed by atoms with Gasteiger partial charge < -0.3 is 14.6 Å². The van der Waals surface area contributed by atoms with Crippen LogP contribution in [0.5, 0.6) is 11.5 Å². The van der Waals surface area contributed by atoms with Crippen molar-refractivity contribution in [2.45, 2.75) is 27.2 Å². The highest BCUT2D eigenvalue weighted by Gasteiger charge is 2.13. The SMILES string of the molecule is CCC(=O)c1ccc(OCC=C(C)C)cc1OCC(=O)O. The summed E-state index contributed by atoms with van der Waals surface area (Å²) in [4.78, 5) is 22.4. The van der Waals surface area contributed by atoms with Crippen LogP contribution in [-0.4, -0.2) is 30.1 Å². The predicted molar refractivity (Wildman–Crippen MR) is 79.1 cm³/mol. The van der Waals surface area contributed by atoms with Gasteiger partial charge in [0.1, 0.15) is 18.1 Å². The molecule has 1 rings (SSSR count). The number of carbonyl (C=O) groups excluding carboxylic acids is 1. The molecule has 1 aromatic rings. The minimum Gasteiger partial charge on any atom is -0.489 e. The molecule has 0 bridgehead atoms. The molecule has 0 aromatic heterocycles. The Hall–Kier alpha value is -2.30. The van der Waals surface area contributed by atoms with E-state index >= 15 is 0 Å². The zero-order valence-corrected chi connectivity index (χ0v) is 12.5. The number of carbonyl (C=O) groups is 2. The van der Waals surface area contributed by atoms with E-state index in [1.807, 2.05) is 19.9 Å². The number of Topliss-reactive ketones (excluding diaryl/α,β-unsaturated/α-hetero) is 1. The van der Waals surface area contributed by atoms with E-state index in [1.54, 1.807) is 25.1 Å². The summed E-state index contributed by atoms with van der Waals surface area (Å²) < 4.78 is 10.7. The smallest absolute Gasteiger partial charge is 0.341 e. The van der Waals surface area contributed by atoms with E-state index in [2.05, 4.69) is 0 Å². The largest absolute Gasteiger partial charge is 0.489 e. The van der Waals surface area contributed by atoms with Crippen molar-refractivity contribution < 1.29 is 24.2 Å². The van der Waals surface area contributed by atoms with E-state index in [1.165, 1.54) is 0 Å². The molecule has 0 heterocycles. The Labute approximate surface area is 124 Å². The van der Waals surface area contributed by atoms with Gasteiger partial charge in [0.05, 0.1) is 5.56 Å². The van der Waals surface area contributed by atoms with E-state index in [4.69, 9.17) is 14.6 Å². The van der Waals surface area contributed by atoms with Crippen LogP contribution in [0.3, 0.4) is 0 Å². The number of rotatable bonds is 8. The molecular weight excluding hydrogens is 272 g/mol. The molecule has 0 aliphatic heterocycles. The van der Waals surface area contributed by atoms with E-state index in [9.17, 15) is 9.59 Å². The zero-order chi connectivity index (χ0) is 15.8. The van der Waals surface area contributed by atoms with Gasteiger partial charge >= 0.3 is 5.97 Å². The zero-order valence-electron chi connectivity index (χ0n) is 12.5. The summed E-state index contributed by atoms with van der Waals surface area (Å²) in [5.74, 6) is -0.438. The summed E-state index contributed by atoms with van der Waals surface area (Å²) in [5.41, 5.74) is 1.50. The van der Waals surface area contributed by atoms with Crippen molar-refractivity contribution in [3.8, 4) is 11.5 Å². The topological polar surface area (TPSA) is 72.8 Å². The molecule has 5 nitrogen and oxygen atoms in total. The van der Waals surface area contributed by atoms with Crippen LogP contribution in [0.2, 0.25) is 0 Å². The van der Waals surface area contributed by atoms with Gasteiger partial charge in [0, 0.05) is 12.5 Å². The lowest BCUT2D eigenvalue weighted by atomic mass is 10.1. The first kappa shape index (κ1) is 16.8. The number of ketones is 1. The number of aliphatic carboxylic acids is 1. The van der Waals surface area contributed by atoms with Crippen molar-refractivity contribution in [2.24, 2.45) is 0 Å². The fourth-order valence-electron chi connectivity index (χ4n) is 1.58. The first-order valence-corrected chi connectivity index (χ1v) is 6.72. The van der Waals surface area contributed by atoms with Crippen molar-refractivity contribution in [3.05, 3.63) is 35.4 Å². The second kappa shape index (κ2) is 8.09. The van der Waals surface area contributed by atoms with Crippen LogP contribution in [0.15, 0.2) is 29.8 Å². The van der Waals surface area contributed by atoms with Gasteiger partial charge in [0.2, 0.25) is 0 Å². The maximum absolute atomic E-state index is 11.8. The van der Waals surface area contributed by atoms with Gasteiger partial charge in [-0.15, -0.1) is 0 Å². The fourth-order valence-corrected chi connectivity index (χ4v) is 1.58. The Balaban J connectivity index is 2.93. The molecule has 0 aliphatic carbocycles.